The van der Waals surface area contributed by atoms with Crippen LogP contribution in [0.4, 0.5) is 9.18 Å². The van der Waals surface area contributed by atoms with Crippen LogP contribution >= 0.6 is 11.6 Å². The Labute approximate surface area is 133 Å². The molecule has 0 aliphatic carbocycles. The standard InChI is InChI=1S/C14H19ClFN3O3/c15-12-2-1-11(9-13(12)16)21-8-5-18-19-6-3-10(4-7-19)22-14(17)20/h1-2,9-10,18H,3-8H2,(H2,17,20). The monoisotopic (exact) mass is 331 g/mol. The molecule has 1 saturated heterocycles. The number of primary amides is 1. The average molecular weight is 332 g/mol. The number of amides is 1. The van der Waals surface area contributed by atoms with Crippen LogP contribution in [0.5, 0.6) is 5.75 Å². The van der Waals surface area contributed by atoms with Crippen LogP contribution in [-0.2, 0) is 4.74 Å². The maximum absolute atomic E-state index is 13.2. The SMILES string of the molecule is NC(=O)OC1CCN(NCCOc2ccc(Cl)c(F)c2)CC1. The van der Waals surface area contributed by atoms with E-state index >= 15 is 0 Å². The first-order valence-corrected chi connectivity index (χ1v) is 7.45. The van der Waals surface area contributed by atoms with Gasteiger partial charge in [-0.25, -0.2) is 14.2 Å². The summed E-state index contributed by atoms with van der Waals surface area (Å²) in [5.74, 6) is -0.0547. The molecule has 1 heterocycles. The fraction of sp³-hybridized carbons (Fsp3) is 0.500. The minimum Gasteiger partial charge on any atom is -0.492 e. The van der Waals surface area contributed by atoms with E-state index in [0.29, 0.717) is 18.9 Å². The predicted molar refractivity (Wildman–Crippen MR) is 80.2 cm³/mol. The van der Waals surface area contributed by atoms with Crippen LogP contribution in [0.2, 0.25) is 5.02 Å². The number of halogens is 2. The maximum atomic E-state index is 13.2. The third-order valence-corrected chi connectivity index (χ3v) is 3.63. The highest BCUT2D eigenvalue weighted by atomic mass is 35.5. The smallest absolute Gasteiger partial charge is 0.404 e. The van der Waals surface area contributed by atoms with Crippen LogP contribution in [-0.4, -0.2) is 43.4 Å². The Hall–Kier alpha value is -1.57. The molecule has 1 fully saturated rings. The van der Waals surface area contributed by atoms with E-state index in [4.69, 9.17) is 26.8 Å². The lowest BCUT2D eigenvalue weighted by Gasteiger charge is -2.31. The van der Waals surface area contributed by atoms with Gasteiger partial charge in [0.1, 0.15) is 24.3 Å². The van der Waals surface area contributed by atoms with Gasteiger partial charge in [0.15, 0.2) is 0 Å². The number of nitrogens with two attached hydrogens (primary N) is 1. The van der Waals surface area contributed by atoms with Crippen molar-refractivity contribution in [2.24, 2.45) is 5.73 Å². The topological polar surface area (TPSA) is 76.8 Å². The number of rotatable bonds is 6. The van der Waals surface area contributed by atoms with Crippen LogP contribution in [0, 0.1) is 5.82 Å². The summed E-state index contributed by atoms with van der Waals surface area (Å²) >= 11 is 5.60. The predicted octanol–water partition coefficient (Wildman–Crippen LogP) is 1.92. The zero-order valence-electron chi connectivity index (χ0n) is 12.1. The minimum absolute atomic E-state index is 0.0755. The molecular formula is C14H19ClFN3O3. The average Bonchev–Trinajstić information content (AvgIpc) is 2.48. The number of ether oxygens (including phenoxy) is 2. The van der Waals surface area contributed by atoms with Crippen LogP contribution in [0.1, 0.15) is 12.8 Å². The van der Waals surface area contributed by atoms with Gasteiger partial charge in [0.25, 0.3) is 0 Å². The van der Waals surface area contributed by atoms with Crippen molar-refractivity contribution in [1.82, 2.24) is 10.4 Å². The molecule has 0 bridgehead atoms. The van der Waals surface area contributed by atoms with Crippen molar-refractivity contribution in [1.29, 1.82) is 0 Å². The lowest BCUT2D eigenvalue weighted by atomic mass is 10.1. The Balaban J connectivity index is 1.61. The third-order valence-electron chi connectivity index (χ3n) is 3.32. The molecule has 1 aliphatic heterocycles. The van der Waals surface area contributed by atoms with Gasteiger partial charge in [0.05, 0.1) is 5.02 Å². The molecule has 0 unspecified atom stereocenters. The molecule has 1 amide bonds. The van der Waals surface area contributed by atoms with Crippen molar-refractivity contribution in [2.75, 3.05) is 26.2 Å². The second-order valence-corrected chi connectivity index (χ2v) is 5.36. The van der Waals surface area contributed by atoms with E-state index in [9.17, 15) is 9.18 Å². The molecular weight excluding hydrogens is 313 g/mol. The van der Waals surface area contributed by atoms with Crippen molar-refractivity contribution in [3.63, 3.8) is 0 Å². The number of benzene rings is 1. The first-order chi connectivity index (χ1) is 10.5. The van der Waals surface area contributed by atoms with E-state index in [2.05, 4.69) is 5.43 Å². The Morgan fingerprint density at radius 1 is 1.45 bits per heavy atom. The number of nitrogens with one attached hydrogen (secondary N) is 1. The summed E-state index contributed by atoms with van der Waals surface area (Å²) in [7, 11) is 0. The first kappa shape index (κ1) is 16.8. The van der Waals surface area contributed by atoms with Crippen LogP contribution in [0.25, 0.3) is 0 Å². The summed E-state index contributed by atoms with van der Waals surface area (Å²) in [4.78, 5) is 10.7. The molecule has 6 nitrogen and oxygen atoms in total. The van der Waals surface area contributed by atoms with Crippen molar-refractivity contribution >= 4 is 17.7 Å². The van der Waals surface area contributed by atoms with Gasteiger partial charge < -0.3 is 15.2 Å². The van der Waals surface area contributed by atoms with Gasteiger partial charge in [-0.3, -0.25) is 5.43 Å². The number of carbonyl (C=O) groups is 1. The largest absolute Gasteiger partial charge is 0.492 e. The highest BCUT2D eigenvalue weighted by Gasteiger charge is 2.21. The summed E-state index contributed by atoms with van der Waals surface area (Å²) < 4.78 is 23.6. The van der Waals surface area contributed by atoms with Crippen LogP contribution < -0.4 is 15.9 Å². The number of piperidine rings is 1. The van der Waals surface area contributed by atoms with Crippen LogP contribution in [0.15, 0.2) is 18.2 Å². The molecule has 0 atom stereocenters. The van der Waals surface area contributed by atoms with Gasteiger partial charge >= 0.3 is 6.09 Å². The number of hydrazine groups is 1. The molecule has 1 aromatic carbocycles. The molecule has 0 spiro atoms. The molecule has 3 N–H and O–H groups in total. The molecule has 8 heteroatoms. The van der Waals surface area contributed by atoms with E-state index in [0.717, 1.165) is 25.9 Å². The van der Waals surface area contributed by atoms with Crippen LogP contribution in [0.3, 0.4) is 0 Å². The lowest BCUT2D eigenvalue weighted by Crippen LogP contribution is -2.47. The van der Waals surface area contributed by atoms with Crippen molar-refractivity contribution < 1.29 is 18.7 Å². The van der Waals surface area contributed by atoms with Gasteiger partial charge in [-0.15, -0.1) is 0 Å². The number of hydrogen-bond donors (Lipinski definition) is 2. The first-order valence-electron chi connectivity index (χ1n) is 7.07. The number of carbonyl (C=O) groups excluding carboxylic acids is 1. The summed E-state index contributed by atoms with van der Waals surface area (Å²) in [5, 5.41) is 2.11. The van der Waals surface area contributed by atoms with E-state index in [-0.39, 0.29) is 11.1 Å². The van der Waals surface area contributed by atoms with Gasteiger partial charge in [-0.2, -0.15) is 0 Å². The Morgan fingerprint density at radius 3 is 2.82 bits per heavy atom. The molecule has 0 saturated carbocycles. The second-order valence-electron chi connectivity index (χ2n) is 4.96. The summed E-state index contributed by atoms with van der Waals surface area (Å²) in [6, 6.07) is 4.34. The molecule has 122 valence electrons. The normalized spacial score (nSPS) is 16.5. The van der Waals surface area contributed by atoms with Gasteiger partial charge in [0.2, 0.25) is 0 Å². The van der Waals surface area contributed by atoms with E-state index in [1.807, 2.05) is 5.01 Å². The number of nitrogens with zero attached hydrogens (tertiary/aromatic N) is 1. The Kier molecular flexibility index (Phi) is 6.23. The second kappa shape index (κ2) is 8.17. The maximum Gasteiger partial charge on any atom is 0.404 e. The number of hydrogen-bond acceptors (Lipinski definition) is 5. The molecule has 2 rings (SSSR count). The van der Waals surface area contributed by atoms with E-state index < -0.39 is 11.9 Å². The van der Waals surface area contributed by atoms with E-state index in [1.54, 1.807) is 6.07 Å². The fourth-order valence-corrected chi connectivity index (χ4v) is 2.35. The van der Waals surface area contributed by atoms with Gasteiger partial charge in [0, 0.05) is 25.7 Å². The van der Waals surface area contributed by atoms with Crippen molar-refractivity contribution in [3.05, 3.63) is 29.0 Å². The Bertz CT molecular complexity index is 510. The zero-order valence-corrected chi connectivity index (χ0v) is 12.8. The molecule has 1 aliphatic rings. The zero-order chi connectivity index (χ0) is 15.9. The Morgan fingerprint density at radius 2 is 2.18 bits per heavy atom. The summed E-state index contributed by atoms with van der Waals surface area (Å²) in [6.07, 6.45) is 0.636. The molecule has 22 heavy (non-hydrogen) atoms. The fourth-order valence-electron chi connectivity index (χ4n) is 2.24. The quantitative estimate of drug-likeness (QED) is 0.779. The van der Waals surface area contributed by atoms with Gasteiger partial charge in [-0.05, 0) is 25.0 Å². The van der Waals surface area contributed by atoms with Crippen molar-refractivity contribution in [2.45, 2.75) is 18.9 Å². The molecule has 0 radical (unpaired) electrons. The van der Waals surface area contributed by atoms with E-state index in [1.165, 1.54) is 12.1 Å². The van der Waals surface area contributed by atoms with Crippen molar-refractivity contribution in [3.8, 4) is 5.75 Å². The summed E-state index contributed by atoms with van der Waals surface area (Å²) in [6.45, 7) is 2.51. The summed E-state index contributed by atoms with van der Waals surface area (Å²) in [5.41, 5.74) is 8.20. The minimum atomic E-state index is -0.727. The highest BCUT2D eigenvalue weighted by molar-refractivity contribution is 6.30. The highest BCUT2D eigenvalue weighted by Crippen LogP contribution is 2.20. The van der Waals surface area contributed by atoms with Gasteiger partial charge in [-0.1, -0.05) is 11.6 Å². The third kappa shape index (κ3) is 5.32. The molecule has 1 aromatic rings. The lowest BCUT2D eigenvalue weighted by molar-refractivity contribution is 0.0370. The molecule has 0 aromatic heterocycles.